The van der Waals surface area contributed by atoms with Crippen molar-refractivity contribution in [3.63, 3.8) is 0 Å². The summed E-state index contributed by atoms with van der Waals surface area (Å²) in [4.78, 5) is 23.2. The van der Waals surface area contributed by atoms with Crippen LogP contribution in [0.25, 0.3) is 0 Å². The molecule has 2 aromatic carbocycles. The van der Waals surface area contributed by atoms with Gasteiger partial charge in [0.05, 0.1) is 17.6 Å². The summed E-state index contributed by atoms with van der Waals surface area (Å²) < 4.78 is 70.4. The van der Waals surface area contributed by atoms with Crippen molar-refractivity contribution in [3.05, 3.63) is 65.7 Å². The Bertz CT molecular complexity index is 1010. The van der Waals surface area contributed by atoms with Gasteiger partial charge in [0.1, 0.15) is 6.04 Å². The number of alkyl halides is 3. The van der Waals surface area contributed by atoms with Crippen molar-refractivity contribution in [3.8, 4) is 0 Å². The number of benzene rings is 2. The van der Waals surface area contributed by atoms with Gasteiger partial charge in [-0.15, -0.1) is 0 Å². The second-order valence-electron chi connectivity index (χ2n) is 6.47. The Morgan fingerprint density at radius 1 is 1.03 bits per heavy atom. The largest absolute Gasteiger partial charge is 0.467 e. The van der Waals surface area contributed by atoms with Crippen LogP contribution in [0.4, 0.5) is 13.2 Å². The molecule has 11 heteroatoms. The van der Waals surface area contributed by atoms with Crippen LogP contribution in [0.1, 0.15) is 17.5 Å². The molecule has 0 heterocycles. The summed E-state index contributed by atoms with van der Waals surface area (Å²) in [5.41, 5.74) is -0.539. The minimum absolute atomic E-state index is 0.157. The van der Waals surface area contributed by atoms with E-state index >= 15 is 0 Å². The molecule has 0 saturated heterocycles. The van der Waals surface area contributed by atoms with Gasteiger partial charge in [-0.3, -0.25) is 4.79 Å². The van der Waals surface area contributed by atoms with Gasteiger partial charge in [0.15, 0.2) is 0 Å². The molecular weight excluding hydrogens is 437 g/mol. The molecule has 0 unspecified atom stereocenters. The van der Waals surface area contributed by atoms with Gasteiger partial charge in [0.2, 0.25) is 15.9 Å². The maximum Gasteiger partial charge on any atom is 0.417 e. The first-order valence-electron chi connectivity index (χ1n) is 9.11. The van der Waals surface area contributed by atoms with Crippen molar-refractivity contribution in [1.29, 1.82) is 0 Å². The van der Waals surface area contributed by atoms with Crippen molar-refractivity contribution >= 4 is 21.9 Å². The second kappa shape index (κ2) is 10.4. The smallest absolute Gasteiger partial charge is 0.417 e. The van der Waals surface area contributed by atoms with Gasteiger partial charge in [0.25, 0.3) is 0 Å². The Morgan fingerprint density at radius 2 is 1.65 bits per heavy atom. The summed E-state index contributed by atoms with van der Waals surface area (Å²) in [7, 11) is -3.34. The molecule has 0 spiro atoms. The number of halogens is 3. The van der Waals surface area contributed by atoms with Crippen LogP contribution in [-0.4, -0.2) is 40.0 Å². The lowest BCUT2D eigenvalue weighted by Crippen LogP contribution is -2.44. The fourth-order valence-electron chi connectivity index (χ4n) is 2.76. The van der Waals surface area contributed by atoms with Crippen LogP contribution in [0.3, 0.4) is 0 Å². The maximum atomic E-state index is 13.1. The average molecular weight is 458 g/mol. The second-order valence-corrected chi connectivity index (χ2v) is 8.21. The zero-order valence-electron chi connectivity index (χ0n) is 16.5. The molecule has 0 aliphatic carbocycles. The number of nitrogens with one attached hydrogen (secondary N) is 2. The molecule has 0 aliphatic heterocycles. The van der Waals surface area contributed by atoms with E-state index in [0.29, 0.717) is 6.07 Å². The van der Waals surface area contributed by atoms with Gasteiger partial charge >= 0.3 is 12.1 Å². The lowest BCUT2D eigenvalue weighted by atomic mass is 10.1. The third kappa shape index (κ3) is 7.07. The fraction of sp³-hybridized carbons (Fsp3) is 0.300. The van der Waals surface area contributed by atoms with Gasteiger partial charge in [-0.2, -0.15) is 13.2 Å². The van der Waals surface area contributed by atoms with Crippen LogP contribution in [0.15, 0.2) is 59.5 Å². The van der Waals surface area contributed by atoms with Crippen molar-refractivity contribution < 1.29 is 35.9 Å². The van der Waals surface area contributed by atoms with E-state index in [0.717, 1.165) is 17.7 Å². The highest BCUT2D eigenvalue weighted by atomic mass is 32.2. The lowest BCUT2D eigenvalue weighted by Gasteiger charge is -2.17. The van der Waals surface area contributed by atoms with Gasteiger partial charge in [-0.25, -0.2) is 17.9 Å². The number of sulfonamides is 1. The summed E-state index contributed by atoms with van der Waals surface area (Å²) in [5.74, 6) is -1.35. The Kier molecular flexibility index (Phi) is 8.17. The normalized spacial score (nSPS) is 12.8. The van der Waals surface area contributed by atoms with Crippen molar-refractivity contribution in [2.24, 2.45) is 0 Å². The third-order valence-electron chi connectivity index (χ3n) is 4.23. The number of esters is 1. The van der Waals surface area contributed by atoms with Crippen LogP contribution < -0.4 is 10.0 Å². The molecule has 168 valence electrons. The molecule has 0 bridgehead atoms. The highest BCUT2D eigenvalue weighted by Gasteiger charge is 2.36. The quantitative estimate of drug-likeness (QED) is 0.562. The minimum Gasteiger partial charge on any atom is -0.467 e. The minimum atomic E-state index is -4.85. The Balaban J connectivity index is 1.99. The zero-order chi connectivity index (χ0) is 23.1. The summed E-state index contributed by atoms with van der Waals surface area (Å²) in [6.07, 6.45) is -5.09. The van der Waals surface area contributed by atoms with E-state index in [2.05, 4.69) is 10.1 Å². The number of ether oxygens (including phenoxy) is 1. The first-order valence-corrected chi connectivity index (χ1v) is 10.6. The number of carbonyl (C=O) groups is 2. The molecule has 1 amide bonds. The molecule has 0 radical (unpaired) electrons. The highest BCUT2D eigenvalue weighted by molar-refractivity contribution is 7.89. The molecule has 0 fully saturated rings. The van der Waals surface area contributed by atoms with Gasteiger partial charge in [-0.1, -0.05) is 42.5 Å². The van der Waals surface area contributed by atoms with E-state index in [-0.39, 0.29) is 6.42 Å². The summed E-state index contributed by atoms with van der Waals surface area (Å²) in [6, 6.07) is 11.6. The molecule has 0 aromatic heterocycles. The maximum absolute atomic E-state index is 13.1. The molecule has 0 aliphatic rings. The molecule has 2 N–H and O–H groups in total. The van der Waals surface area contributed by atoms with Gasteiger partial charge < -0.3 is 10.1 Å². The third-order valence-corrected chi connectivity index (χ3v) is 5.75. The Labute approximate surface area is 177 Å². The Morgan fingerprint density at radius 3 is 2.26 bits per heavy atom. The molecule has 7 nitrogen and oxygen atoms in total. The van der Waals surface area contributed by atoms with E-state index in [4.69, 9.17) is 0 Å². The standard InChI is InChI=1S/C20H21F3N2O5S/c1-30-19(27)16(13-14-7-3-2-4-8-14)25-18(26)11-12-24-31(28,29)17-10-6-5-9-15(17)20(21,22)23/h2-10,16,24H,11-13H2,1H3,(H,25,26)/t16-/m0/s1. The van der Waals surface area contributed by atoms with E-state index in [1.54, 1.807) is 30.3 Å². The zero-order valence-corrected chi connectivity index (χ0v) is 17.3. The fourth-order valence-corrected chi connectivity index (χ4v) is 4.02. The molecule has 0 saturated carbocycles. The number of hydrogen-bond donors (Lipinski definition) is 2. The number of amides is 1. The summed E-state index contributed by atoms with van der Waals surface area (Å²) >= 11 is 0. The van der Waals surface area contributed by atoms with Gasteiger partial charge in [0, 0.05) is 19.4 Å². The SMILES string of the molecule is COC(=O)[C@H](Cc1ccccc1)NC(=O)CCNS(=O)(=O)c1ccccc1C(F)(F)F. The predicted octanol–water partition coefficient (Wildman–Crippen LogP) is 2.27. The van der Waals surface area contributed by atoms with E-state index in [9.17, 15) is 31.2 Å². The Hall–Kier alpha value is -2.92. The van der Waals surface area contributed by atoms with Crippen molar-refractivity contribution in [2.45, 2.75) is 30.0 Å². The van der Waals surface area contributed by atoms with Crippen LogP contribution >= 0.6 is 0 Å². The lowest BCUT2D eigenvalue weighted by molar-refractivity contribution is -0.145. The predicted molar refractivity (Wildman–Crippen MR) is 105 cm³/mol. The van der Waals surface area contributed by atoms with Crippen molar-refractivity contribution in [1.82, 2.24) is 10.0 Å². The number of methoxy groups -OCH3 is 1. The van der Waals surface area contributed by atoms with Crippen molar-refractivity contribution in [2.75, 3.05) is 13.7 Å². The number of rotatable bonds is 9. The van der Waals surface area contributed by atoms with Crippen LogP contribution in [-0.2, 0) is 36.9 Å². The van der Waals surface area contributed by atoms with Crippen LogP contribution in [0.2, 0.25) is 0 Å². The molecule has 2 aromatic rings. The molecule has 1 atom stereocenters. The monoisotopic (exact) mass is 458 g/mol. The highest BCUT2D eigenvalue weighted by Crippen LogP contribution is 2.33. The van der Waals surface area contributed by atoms with Crippen LogP contribution in [0, 0.1) is 0 Å². The van der Waals surface area contributed by atoms with Crippen LogP contribution in [0.5, 0.6) is 0 Å². The summed E-state index contributed by atoms with van der Waals surface area (Å²) in [5, 5.41) is 2.45. The van der Waals surface area contributed by atoms with E-state index < -0.39 is 57.5 Å². The average Bonchev–Trinajstić information content (AvgIpc) is 2.72. The molecule has 2 rings (SSSR count). The molecule has 31 heavy (non-hydrogen) atoms. The van der Waals surface area contributed by atoms with Gasteiger partial charge in [-0.05, 0) is 17.7 Å². The van der Waals surface area contributed by atoms with E-state index in [1.807, 2.05) is 4.72 Å². The molecular formula is C20H21F3N2O5S. The topological polar surface area (TPSA) is 102 Å². The first kappa shape index (κ1) is 24.4. The first-order chi connectivity index (χ1) is 14.5. The number of hydrogen-bond acceptors (Lipinski definition) is 5. The number of carbonyl (C=O) groups excluding carboxylic acids is 2. The summed E-state index contributed by atoms with van der Waals surface area (Å²) in [6.45, 7) is -0.459. The van der Waals surface area contributed by atoms with E-state index in [1.165, 1.54) is 13.2 Å².